The zero-order chi connectivity index (χ0) is 17.6. The number of halogens is 1. The van der Waals surface area contributed by atoms with Gasteiger partial charge in [0.05, 0.1) is 5.69 Å². The van der Waals surface area contributed by atoms with E-state index in [4.69, 9.17) is 16.3 Å². The minimum absolute atomic E-state index is 0.521. The summed E-state index contributed by atoms with van der Waals surface area (Å²) in [6, 6.07) is 21.8. The third-order valence-electron chi connectivity index (χ3n) is 4.13. The van der Waals surface area contributed by atoms with E-state index < -0.39 is 0 Å². The Bertz CT molecular complexity index is 868. The fraction of sp³-hybridized carbons (Fsp3) is 0.136. The Labute approximate surface area is 153 Å². The maximum absolute atomic E-state index is 5.89. The number of rotatable bonds is 5. The minimum Gasteiger partial charge on any atom is -0.489 e. The van der Waals surface area contributed by atoms with Crippen LogP contribution in [0.1, 0.15) is 22.3 Å². The summed E-state index contributed by atoms with van der Waals surface area (Å²) in [5.41, 5.74) is 5.59. The van der Waals surface area contributed by atoms with Crippen LogP contribution in [0.5, 0.6) is 5.75 Å². The molecule has 0 atom stereocenters. The average molecular weight is 350 g/mol. The zero-order valence-corrected chi connectivity index (χ0v) is 15.1. The number of hydrogen-bond acceptors (Lipinski definition) is 2. The fourth-order valence-electron chi connectivity index (χ4n) is 2.42. The molecule has 0 aromatic heterocycles. The maximum Gasteiger partial charge on any atom is 0.119 e. The molecule has 126 valence electrons. The highest BCUT2D eigenvalue weighted by Crippen LogP contribution is 2.21. The highest BCUT2D eigenvalue weighted by Gasteiger charge is 1.99. The van der Waals surface area contributed by atoms with Crippen molar-refractivity contribution in [1.82, 2.24) is 0 Å². The lowest BCUT2D eigenvalue weighted by Gasteiger charge is -2.07. The minimum atomic E-state index is 0.521. The SMILES string of the molecule is Cc1cccc(N=Cc2ccc(OCc3ccc(Cl)cc3)cc2)c1C. The van der Waals surface area contributed by atoms with E-state index in [1.807, 2.05) is 66.9 Å². The summed E-state index contributed by atoms with van der Waals surface area (Å²) in [6.07, 6.45) is 1.88. The van der Waals surface area contributed by atoms with Crippen LogP contribution in [-0.4, -0.2) is 6.21 Å². The molecule has 0 amide bonds. The molecule has 0 radical (unpaired) electrons. The molecule has 25 heavy (non-hydrogen) atoms. The Kier molecular flexibility index (Phi) is 5.52. The Morgan fingerprint density at radius 3 is 2.36 bits per heavy atom. The van der Waals surface area contributed by atoms with E-state index in [0.29, 0.717) is 6.61 Å². The summed E-state index contributed by atoms with van der Waals surface area (Å²) in [4.78, 5) is 4.59. The Balaban J connectivity index is 1.63. The van der Waals surface area contributed by atoms with Crippen molar-refractivity contribution in [2.45, 2.75) is 20.5 Å². The molecule has 0 bridgehead atoms. The van der Waals surface area contributed by atoms with E-state index in [2.05, 4.69) is 24.9 Å². The first-order valence-corrected chi connectivity index (χ1v) is 8.57. The largest absolute Gasteiger partial charge is 0.489 e. The van der Waals surface area contributed by atoms with Gasteiger partial charge in [-0.1, -0.05) is 35.9 Å². The van der Waals surface area contributed by atoms with Gasteiger partial charge in [0.1, 0.15) is 12.4 Å². The van der Waals surface area contributed by atoms with Crippen molar-refractivity contribution in [2.75, 3.05) is 0 Å². The molecular formula is C22H20ClNO. The van der Waals surface area contributed by atoms with Crippen LogP contribution in [0.2, 0.25) is 5.02 Å². The third kappa shape index (κ3) is 4.71. The lowest BCUT2D eigenvalue weighted by molar-refractivity contribution is 0.306. The van der Waals surface area contributed by atoms with Gasteiger partial charge in [0.2, 0.25) is 0 Å². The molecule has 2 nitrogen and oxygen atoms in total. The summed E-state index contributed by atoms with van der Waals surface area (Å²) in [5, 5.41) is 0.733. The number of hydrogen-bond donors (Lipinski definition) is 0. The van der Waals surface area contributed by atoms with Crippen molar-refractivity contribution >= 4 is 23.5 Å². The van der Waals surface area contributed by atoms with Crippen LogP contribution >= 0.6 is 11.6 Å². The van der Waals surface area contributed by atoms with Crippen molar-refractivity contribution in [1.29, 1.82) is 0 Å². The first-order valence-electron chi connectivity index (χ1n) is 8.19. The summed E-state index contributed by atoms with van der Waals surface area (Å²) < 4.78 is 5.80. The standard InChI is InChI=1S/C22H20ClNO/c1-16-4-3-5-22(17(16)2)24-14-18-8-12-21(13-9-18)25-15-19-6-10-20(23)11-7-19/h3-14H,15H2,1-2H3. The second-order valence-electron chi connectivity index (χ2n) is 5.96. The van der Waals surface area contributed by atoms with Crippen molar-refractivity contribution < 1.29 is 4.74 Å². The molecule has 0 saturated heterocycles. The molecule has 0 spiro atoms. The summed E-state index contributed by atoms with van der Waals surface area (Å²) in [6.45, 7) is 4.71. The number of aryl methyl sites for hydroxylation is 1. The molecular weight excluding hydrogens is 330 g/mol. The number of nitrogens with zero attached hydrogens (tertiary/aromatic N) is 1. The van der Waals surface area contributed by atoms with Crippen molar-refractivity contribution in [2.24, 2.45) is 4.99 Å². The van der Waals surface area contributed by atoms with Crippen LogP contribution in [0.3, 0.4) is 0 Å². The molecule has 3 aromatic carbocycles. The lowest BCUT2D eigenvalue weighted by Crippen LogP contribution is -1.95. The molecule has 0 fully saturated rings. The van der Waals surface area contributed by atoms with E-state index in [1.165, 1.54) is 11.1 Å². The molecule has 3 rings (SSSR count). The van der Waals surface area contributed by atoms with Gasteiger partial charge in [0.25, 0.3) is 0 Å². The predicted octanol–water partition coefficient (Wildman–Crippen LogP) is 6.29. The van der Waals surface area contributed by atoms with Gasteiger partial charge < -0.3 is 4.74 Å². The maximum atomic E-state index is 5.89. The second kappa shape index (κ2) is 8.00. The van der Waals surface area contributed by atoms with Crippen LogP contribution in [0.15, 0.2) is 71.7 Å². The quantitative estimate of drug-likeness (QED) is 0.496. The van der Waals surface area contributed by atoms with Crippen LogP contribution < -0.4 is 4.74 Å². The lowest BCUT2D eigenvalue weighted by atomic mass is 10.1. The first kappa shape index (κ1) is 17.2. The molecule has 3 aromatic rings. The van der Waals surface area contributed by atoms with Crippen LogP contribution in [-0.2, 0) is 6.61 Å². The fourth-order valence-corrected chi connectivity index (χ4v) is 2.54. The van der Waals surface area contributed by atoms with Gasteiger partial charge in [0.15, 0.2) is 0 Å². The monoisotopic (exact) mass is 349 g/mol. The van der Waals surface area contributed by atoms with Crippen molar-refractivity contribution in [3.8, 4) is 5.75 Å². The van der Waals surface area contributed by atoms with Crippen molar-refractivity contribution in [3.63, 3.8) is 0 Å². The van der Waals surface area contributed by atoms with Crippen LogP contribution in [0, 0.1) is 13.8 Å². The average Bonchev–Trinajstić information content (AvgIpc) is 2.63. The van der Waals surface area contributed by atoms with Gasteiger partial charge in [-0.2, -0.15) is 0 Å². The van der Waals surface area contributed by atoms with E-state index >= 15 is 0 Å². The van der Waals surface area contributed by atoms with E-state index in [1.54, 1.807) is 0 Å². The topological polar surface area (TPSA) is 21.6 Å². The second-order valence-corrected chi connectivity index (χ2v) is 6.40. The van der Waals surface area contributed by atoms with Crippen LogP contribution in [0.4, 0.5) is 5.69 Å². The van der Waals surface area contributed by atoms with Gasteiger partial charge in [-0.3, -0.25) is 4.99 Å². The molecule has 0 aliphatic carbocycles. The van der Waals surface area contributed by atoms with Gasteiger partial charge >= 0.3 is 0 Å². The highest BCUT2D eigenvalue weighted by molar-refractivity contribution is 6.30. The van der Waals surface area contributed by atoms with Gasteiger partial charge in [-0.05, 0) is 78.6 Å². The third-order valence-corrected chi connectivity index (χ3v) is 4.38. The zero-order valence-electron chi connectivity index (χ0n) is 14.4. The first-order chi connectivity index (χ1) is 12.1. The molecule has 3 heteroatoms. The highest BCUT2D eigenvalue weighted by atomic mass is 35.5. The molecule has 0 aliphatic rings. The number of benzene rings is 3. The van der Waals surface area contributed by atoms with Crippen LogP contribution in [0.25, 0.3) is 0 Å². The smallest absolute Gasteiger partial charge is 0.119 e. The van der Waals surface area contributed by atoms with Crippen molar-refractivity contribution in [3.05, 3.63) is 94.0 Å². The van der Waals surface area contributed by atoms with Gasteiger partial charge in [-0.15, -0.1) is 0 Å². The summed E-state index contributed by atoms with van der Waals surface area (Å²) in [5.74, 6) is 0.832. The predicted molar refractivity (Wildman–Crippen MR) is 105 cm³/mol. The normalized spacial score (nSPS) is 11.0. The van der Waals surface area contributed by atoms with E-state index in [9.17, 15) is 0 Å². The Morgan fingerprint density at radius 1 is 0.920 bits per heavy atom. The molecule has 0 unspecified atom stereocenters. The molecule has 0 heterocycles. The summed E-state index contributed by atoms with van der Waals surface area (Å²) in [7, 11) is 0. The molecule has 0 saturated carbocycles. The van der Waals surface area contributed by atoms with Gasteiger partial charge in [-0.25, -0.2) is 0 Å². The Morgan fingerprint density at radius 2 is 1.64 bits per heavy atom. The number of aliphatic imine (C=N–C) groups is 1. The van der Waals surface area contributed by atoms with E-state index in [-0.39, 0.29) is 0 Å². The number of ether oxygens (including phenoxy) is 1. The molecule has 0 aliphatic heterocycles. The van der Waals surface area contributed by atoms with E-state index in [0.717, 1.165) is 27.6 Å². The Hall–Kier alpha value is -2.58. The summed E-state index contributed by atoms with van der Waals surface area (Å²) >= 11 is 5.89. The van der Waals surface area contributed by atoms with Gasteiger partial charge in [0, 0.05) is 11.2 Å². The molecule has 0 N–H and O–H groups in total.